The molecule has 2 atom stereocenters. The van der Waals surface area contributed by atoms with Gasteiger partial charge in [0.2, 0.25) is 0 Å². The Bertz CT molecular complexity index is 837. The quantitative estimate of drug-likeness (QED) is 0.873. The van der Waals surface area contributed by atoms with Gasteiger partial charge in [-0.15, -0.1) is 0 Å². The van der Waals surface area contributed by atoms with Gasteiger partial charge in [0.15, 0.2) is 5.69 Å². The summed E-state index contributed by atoms with van der Waals surface area (Å²) in [4.78, 5) is 12.7. The summed E-state index contributed by atoms with van der Waals surface area (Å²) in [5, 5.41) is 19.1. The summed E-state index contributed by atoms with van der Waals surface area (Å²) in [7, 11) is 0. The highest BCUT2D eigenvalue weighted by atomic mass is 16.5. The van der Waals surface area contributed by atoms with E-state index in [9.17, 15) is 4.79 Å². The number of aryl methyl sites for hydroxylation is 1. The average Bonchev–Trinajstić information content (AvgIpc) is 3.27. The van der Waals surface area contributed by atoms with Crippen LogP contribution in [0.25, 0.3) is 0 Å². The van der Waals surface area contributed by atoms with E-state index in [0.717, 1.165) is 30.5 Å². The number of fused-ring (bicyclic) bond motifs is 1. The molecule has 7 nitrogen and oxygen atoms in total. The van der Waals surface area contributed by atoms with E-state index in [1.54, 1.807) is 24.3 Å². The SMILES string of the molecule is N#Cc1ccc(O[C@@H]2CCOC[C@H]2NC(=O)c2n[nH]c3c2CCC3)cc1. The second-order valence-corrected chi connectivity index (χ2v) is 6.62. The molecule has 4 rings (SSSR count). The molecule has 7 heteroatoms. The molecule has 0 bridgehead atoms. The minimum absolute atomic E-state index is 0.187. The first kappa shape index (κ1) is 16.6. The van der Waals surface area contributed by atoms with Gasteiger partial charge >= 0.3 is 0 Å². The summed E-state index contributed by atoms with van der Waals surface area (Å²) in [5.41, 5.74) is 3.17. The van der Waals surface area contributed by atoms with Gasteiger partial charge in [0.1, 0.15) is 11.9 Å². The van der Waals surface area contributed by atoms with E-state index in [1.807, 2.05) is 0 Å². The molecule has 1 saturated heterocycles. The Morgan fingerprint density at radius 2 is 2.19 bits per heavy atom. The summed E-state index contributed by atoms with van der Waals surface area (Å²) in [6.45, 7) is 0.990. The summed E-state index contributed by atoms with van der Waals surface area (Å²) in [5.74, 6) is 0.490. The number of nitrogens with zero attached hydrogens (tertiary/aromatic N) is 2. The zero-order valence-corrected chi connectivity index (χ0v) is 14.3. The molecular weight excluding hydrogens is 332 g/mol. The number of hydrogen-bond donors (Lipinski definition) is 2. The molecule has 2 aromatic rings. The number of carbonyl (C=O) groups is 1. The van der Waals surface area contributed by atoms with Crippen molar-refractivity contribution in [2.75, 3.05) is 13.2 Å². The molecule has 0 spiro atoms. The van der Waals surface area contributed by atoms with Gasteiger partial charge in [0.25, 0.3) is 5.91 Å². The molecule has 0 saturated carbocycles. The fraction of sp³-hybridized carbons (Fsp3) is 0.421. The van der Waals surface area contributed by atoms with Crippen molar-refractivity contribution < 1.29 is 14.3 Å². The van der Waals surface area contributed by atoms with Crippen LogP contribution in [0.4, 0.5) is 0 Å². The Kier molecular flexibility index (Phi) is 4.59. The smallest absolute Gasteiger partial charge is 0.272 e. The van der Waals surface area contributed by atoms with Crippen molar-refractivity contribution >= 4 is 5.91 Å². The summed E-state index contributed by atoms with van der Waals surface area (Å²) in [6, 6.07) is 8.81. The van der Waals surface area contributed by atoms with Crippen molar-refractivity contribution in [3.8, 4) is 11.8 Å². The molecule has 2 heterocycles. The third kappa shape index (κ3) is 3.28. The zero-order chi connectivity index (χ0) is 17.9. The minimum Gasteiger partial charge on any atom is -0.488 e. The number of ether oxygens (including phenoxy) is 2. The first-order valence-electron chi connectivity index (χ1n) is 8.86. The molecule has 1 aromatic carbocycles. The van der Waals surface area contributed by atoms with Crippen molar-refractivity contribution in [3.05, 3.63) is 46.8 Å². The lowest BCUT2D eigenvalue weighted by atomic mass is 10.1. The maximum atomic E-state index is 12.7. The van der Waals surface area contributed by atoms with Gasteiger partial charge in [-0.2, -0.15) is 10.4 Å². The average molecular weight is 352 g/mol. The molecule has 2 aliphatic rings. The second kappa shape index (κ2) is 7.18. The lowest BCUT2D eigenvalue weighted by Gasteiger charge is -2.32. The number of benzene rings is 1. The van der Waals surface area contributed by atoms with Crippen LogP contribution in [0.2, 0.25) is 0 Å². The number of amides is 1. The Labute approximate surface area is 151 Å². The van der Waals surface area contributed by atoms with Crippen LogP contribution < -0.4 is 10.1 Å². The van der Waals surface area contributed by atoms with E-state index in [2.05, 4.69) is 21.6 Å². The predicted octanol–water partition coefficient (Wildman–Crippen LogP) is 1.74. The van der Waals surface area contributed by atoms with Gasteiger partial charge < -0.3 is 14.8 Å². The summed E-state index contributed by atoms with van der Waals surface area (Å²) >= 11 is 0. The minimum atomic E-state index is -0.249. The maximum absolute atomic E-state index is 12.7. The molecule has 2 N–H and O–H groups in total. The molecule has 26 heavy (non-hydrogen) atoms. The largest absolute Gasteiger partial charge is 0.488 e. The number of hydrogen-bond acceptors (Lipinski definition) is 5. The van der Waals surface area contributed by atoms with Gasteiger partial charge in [0.05, 0.1) is 30.9 Å². The number of nitriles is 1. The van der Waals surface area contributed by atoms with Gasteiger partial charge in [-0.25, -0.2) is 0 Å². The zero-order valence-electron chi connectivity index (χ0n) is 14.3. The standard InChI is InChI=1S/C19H20N4O3/c20-10-12-4-6-13(7-5-12)26-17-8-9-25-11-16(17)21-19(24)18-14-2-1-3-15(14)22-23-18/h4-7,16-17H,1-3,8-9,11H2,(H,21,24)(H,22,23)/t16-,17-/m1/s1. The van der Waals surface area contributed by atoms with Crippen LogP contribution in [0.15, 0.2) is 24.3 Å². The van der Waals surface area contributed by atoms with Gasteiger partial charge in [-0.05, 0) is 43.5 Å². The first-order chi connectivity index (χ1) is 12.7. The molecule has 0 radical (unpaired) electrons. The van der Waals surface area contributed by atoms with Crippen LogP contribution in [0.1, 0.15) is 40.2 Å². The van der Waals surface area contributed by atoms with E-state index in [-0.39, 0.29) is 18.1 Å². The predicted molar refractivity (Wildman–Crippen MR) is 92.9 cm³/mol. The molecule has 1 fully saturated rings. The van der Waals surface area contributed by atoms with Crippen LogP contribution in [0.3, 0.4) is 0 Å². The van der Waals surface area contributed by atoms with Crippen LogP contribution in [-0.4, -0.2) is 41.5 Å². The lowest BCUT2D eigenvalue weighted by molar-refractivity contribution is -0.00296. The molecule has 1 aliphatic heterocycles. The van der Waals surface area contributed by atoms with Crippen LogP contribution in [0, 0.1) is 11.3 Å². The van der Waals surface area contributed by atoms with E-state index < -0.39 is 0 Å². The number of aromatic amines is 1. The van der Waals surface area contributed by atoms with E-state index in [1.165, 1.54) is 0 Å². The molecule has 1 aliphatic carbocycles. The van der Waals surface area contributed by atoms with Crippen molar-refractivity contribution in [1.82, 2.24) is 15.5 Å². The van der Waals surface area contributed by atoms with Crippen LogP contribution in [0.5, 0.6) is 5.75 Å². The fourth-order valence-electron chi connectivity index (χ4n) is 3.52. The van der Waals surface area contributed by atoms with Gasteiger partial charge in [0, 0.05) is 17.7 Å². The molecule has 0 unspecified atom stereocenters. The summed E-state index contributed by atoms with van der Waals surface area (Å²) in [6.07, 6.45) is 3.39. The van der Waals surface area contributed by atoms with Crippen LogP contribution >= 0.6 is 0 Å². The Hall–Kier alpha value is -2.85. The molecular formula is C19H20N4O3. The number of rotatable bonds is 4. The summed E-state index contributed by atoms with van der Waals surface area (Å²) < 4.78 is 11.6. The molecule has 134 valence electrons. The highest BCUT2D eigenvalue weighted by Crippen LogP contribution is 2.23. The van der Waals surface area contributed by atoms with Crippen molar-refractivity contribution in [2.45, 2.75) is 37.8 Å². The van der Waals surface area contributed by atoms with Crippen LogP contribution in [-0.2, 0) is 17.6 Å². The van der Waals surface area contributed by atoms with E-state index in [0.29, 0.717) is 36.6 Å². The maximum Gasteiger partial charge on any atom is 0.272 e. The second-order valence-electron chi connectivity index (χ2n) is 6.62. The Morgan fingerprint density at radius 3 is 3.00 bits per heavy atom. The number of carbonyl (C=O) groups excluding carboxylic acids is 1. The normalized spacial score (nSPS) is 21.7. The topological polar surface area (TPSA) is 100 Å². The van der Waals surface area contributed by atoms with Gasteiger partial charge in [-0.1, -0.05) is 0 Å². The number of nitrogens with one attached hydrogen (secondary N) is 2. The van der Waals surface area contributed by atoms with Crippen molar-refractivity contribution in [2.24, 2.45) is 0 Å². The Morgan fingerprint density at radius 1 is 1.35 bits per heavy atom. The van der Waals surface area contributed by atoms with E-state index in [4.69, 9.17) is 14.7 Å². The lowest BCUT2D eigenvalue weighted by Crippen LogP contribution is -2.52. The fourth-order valence-corrected chi connectivity index (χ4v) is 3.52. The highest BCUT2D eigenvalue weighted by molar-refractivity contribution is 5.94. The third-order valence-electron chi connectivity index (χ3n) is 4.90. The van der Waals surface area contributed by atoms with Crippen molar-refractivity contribution in [1.29, 1.82) is 5.26 Å². The highest BCUT2D eigenvalue weighted by Gasteiger charge is 2.31. The van der Waals surface area contributed by atoms with Gasteiger partial charge in [-0.3, -0.25) is 9.89 Å². The number of aromatic nitrogens is 2. The third-order valence-corrected chi connectivity index (χ3v) is 4.90. The Balaban J connectivity index is 1.45. The monoisotopic (exact) mass is 352 g/mol. The molecule has 1 aromatic heterocycles. The first-order valence-corrected chi connectivity index (χ1v) is 8.86. The number of H-pyrrole nitrogens is 1. The van der Waals surface area contributed by atoms with Crippen molar-refractivity contribution in [3.63, 3.8) is 0 Å². The van der Waals surface area contributed by atoms with E-state index >= 15 is 0 Å². The molecule has 1 amide bonds.